The molecule has 0 aliphatic rings. The van der Waals surface area contributed by atoms with Crippen LogP contribution in [-0.2, 0) is 34.1 Å². The summed E-state index contributed by atoms with van der Waals surface area (Å²) in [5.41, 5.74) is 22.1. The molecule has 0 N–H and O–H groups in total. The maximum absolute atomic E-state index is 6.27. The Hall–Kier alpha value is -6.73. The summed E-state index contributed by atoms with van der Waals surface area (Å²) >= 11 is 0. The minimum atomic E-state index is -2.25. The Morgan fingerprint density at radius 2 is 0.500 bits per heavy atom. The third-order valence-electron chi connectivity index (χ3n) is 18.0. The topological polar surface area (TPSA) is 28.2 Å². The summed E-state index contributed by atoms with van der Waals surface area (Å²) in [5, 5.41) is 0. The second kappa shape index (κ2) is 36.1. The van der Waals surface area contributed by atoms with Crippen molar-refractivity contribution in [3.63, 3.8) is 0 Å². The molecule has 0 aromatic heterocycles. The zero-order valence-electron chi connectivity index (χ0n) is 57.5. The van der Waals surface area contributed by atoms with E-state index in [4.69, 9.17) is 9.96 Å². The Morgan fingerprint density at radius 3 is 0.685 bits per heavy atom. The quantitative estimate of drug-likeness (QED) is 0.0347. The SMILES string of the molecule is CC(C)c1cc(C(c2ccccc2)c2ccccc2)c([N-][Si](C(C)C)(C(C)C)C(C)C)c(C(c2ccccc2)c2ccccc2)c1.CCCCCC.Cc1cc(C(c2ccccc2)c2ccccc2)c([N-][Si](C)(C)C)c(C(c2ccccc2)c2ccccc2)c1.[Mn].[Mn]. The zero-order valence-corrected chi connectivity index (χ0v) is 61.9. The van der Waals surface area contributed by atoms with Gasteiger partial charge < -0.3 is 9.96 Å². The predicted molar refractivity (Wildman–Crippen MR) is 397 cm³/mol. The van der Waals surface area contributed by atoms with Crippen LogP contribution in [0, 0.1) is 6.92 Å². The molecule has 2 nitrogen and oxygen atoms in total. The van der Waals surface area contributed by atoms with Crippen LogP contribution in [0.5, 0.6) is 0 Å². The van der Waals surface area contributed by atoms with Crippen LogP contribution in [0.1, 0.15) is 202 Å². The number of hydrogen-bond acceptors (Lipinski definition) is 0. The van der Waals surface area contributed by atoms with Crippen LogP contribution in [0.15, 0.2) is 267 Å². The number of unbranched alkanes of at least 4 members (excludes halogenated alkanes) is 3. The summed E-state index contributed by atoms with van der Waals surface area (Å²) < 4.78 is 0. The molecule has 92 heavy (non-hydrogen) atoms. The van der Waals surface area contributed by atoms with Crippen molar-refractivity contribution in [1.29, 1.82) is 0 Å². The van der Waals surface area contributed by atoms with Crippen molar-refractivity contribution in [1.82, 2.24) is 0 Å². The first kappa shape index (κ1) is 74.3. The molecule has 0 fully saturated rings. The van der Waals surface area contributed by atoms with Gasteiger partial charge in [0.15, 0.2) is 0 Å². The predicted octanol–water partition coefficient (Wildman–Crippen LogP) is 26.1. The first-order chi connectivity index (χ1) is 43.5. The van der Waals surface area contributed by atoms with Gasteiger partial charge in [0.2, 0.25) is 0 Å². The van der Waals surface area contributed by atoms with Gasteiger partial charge in [-0.2, -0.15) is 0 Å². The number of rotatable bonds is 23. The maximum atomic E-state index is 6.27. The molecule has 10 aromatic rings. The fourth-order valence-electron chi connectivity index (χ4n) is 13.8. The van der Waals surface area contributed by atoms with Crippen molar-refractivity contribution in [3.8, 4) is 0 Å². The molecule has 10 rings (SSSR count). The molecular weight excluding hydrogens is 1230 g/mol. The van der Waals surface area contributed by atoms with Crippen LogP contribution in [-0.4, -0.2) is 16.5 Å². The Labute approximate surface area is 580 Å². The molecule has 0 amide bonds. The monoisotopic (exact) mass is 1330 g/mol. The van der Waals surface area contributed by atoms with Crippen molar-refractivity contribution in [3.05, 3.63) is 355 Å². The molecule has 0 saturated heterocycles. The normalized spacial score (nSPS) is 11.5. The van der Waals surface area contributed by atoms with Crippen molar-refractivity contribution < 1.29 is 34.1 Å². The molecule has 0 atom stereocenters. The third kappa shape index (κ3) is 19.0. The summed E-state index contributed by atoms with van der Waals surface area (Å²) in [4.78, 5) is 11.9. The number of nitrogens with zero attached hydrogens (tertiary/aromatic N) is 2. The van der Waals surface area contributed by atoms with E-state index in [0.717, 1.165) is 5.69 Å². The molecule has 0 heterocycles. The summed E-state index contributed by atoms with van der Waals surface area (Å²) in [7, 11) is -4.09. The summed E-state index contributed by atoms with van der Waals surface area (Å²) in [6.07, 6.45) is 5.54. The van der Waals surface area contributed by atoms with E-state index >= 15 is 0 Å². The van der Waals surface area contributed by atoms with Gasteiger partial charge in [0.1, 0.15) is 0 Å². The molecule has 6 heteroatoms. The standard InChI is InChI=1S/C44H52NSi.C36H36NSi.C6H14.2Mn/c1-31(2)39-29-40(42(35-21-13-9-14-22-35)36-23-15-10-16-24-36)44(45-46(32(3)4,33(5)6)34(7)8)41(30-39)43(37-25-17-11-18-26-37)38-27-19-12-20-28-38;1-27-25-32(34(28-17-9-5-10-18-28)29-19-11-6-12-20-29)36(37-38(2,3)4)33(26-27)35(30-21-13-7-14-22-30)31-23-15-8-16-24-31;1-3-5-6-4-2;;/h9-34,42-43H,1-8H3;5-26,34-35H,1-4H3;3-6H2,1-2H3;;/q2*-1;;;. The van der Waals surface area contributed by atoms with Gasteiger partial charge in [0, 0.05) is 57.8 Å². The van der Waals surface area contributed by atoms with Gasteiger partial charge in [0.05, 0.1) is 0 Å². The number of aryl methyl sites for hydroxylation is 1. The molecular formula is C86H102Mn2N2Si2-2. The van der Waals surface area contributed by atoms with E-state index in [2.05, 4.69) is 363 Å². The van der Waals surface area contributed by atoms with Gasteiger partial charge in [-0.15, -0.1) is 11.4 Å². The number of benzene rings is 10. The molecule has 10 aromatic carbocycles. The molecule has 0 unspecified atom stereocenters. The zero-order chi connectivity index (χ0) is 64.2. The minimum Gasteiger partial charge on any atom is -0.687 e. The summed E-state index contributed by atoms with van der Waals surface area (Å²) in [6, 6.07) is 97.7. The van der Waals surface area contributed by atoms with Gasteiger partial charge in [-0.3, -0.25) is 0 Å². The molecule has 0 bridgehead atoms. The molecule has 480 valence electrons. The molecule has 0 saturated carbocycles. The van der Waals surface area contributed by atoms with E-state index in [0.29, 0.717) is 22.5 Å². The Balaban J connectivity index is 0.000000266. The summed E-state index contributed by atoms with van der Waals surface area (Å²) in [5.74, 6) is 0.679. The molecule has 0 spiro atoms. The van der Waals surface area contributed by atoms with Gasteiger partial charge in [0.25, 0.3) is 0 Å². The largest absolute Gasteiger partial charge is 0.687 e. The second-order valence-corrected chi connectivity index (χ2v) is 37.0. The Bertz CT molecular complexity index is 3300. The second-order valence-electron chi connectivity index (χ2n) is 27.0. The van der Waals surface area contributed by atoms with Gasteiger partial charge >= 0.3 is 0 Å². The fourth-order valence-corrected chi connectivity index (χ4v) is 20.1. The fraction of sp³-hybridized carbons (Fsp3) is 0.302. The molecule has 2 radical (unpaired) electrons. The van der Waals surface area contributed by atoms with Gasteiger partial charge in [-0.1, -0.05) is 426 Å². The minimum absolute atomic E-state index is 0. The van der Waals surface area contributed by atoms with Crippen LogP contribution in [0.2, 0.25) is 36.3 Å². The average Bonchev–Trinajstić information content (AvgIpc) is 0.756. The van der Waals surface area contributed by atoms with Gasteiger partial charge in [-0.05, 0) is 79.4 Å². The smallest absolute Gasteiger partial charge is 0.0328 e. The Morgan fingerprint density at radius 1 is 0.293 bits per heavy atom. The van der Waals surface area contributed by atoms with Crippen LogP contribution in [0.3, 0.4) is 0 Å². The van der Waals surface area contributed by atoms with E-state index < -0.39 is 16.5 Å². The van der Waals surface area contributed by atoms with Crippen molar-refractivity contribution in [2.75, 3.05) is 0 Å². The van der Waals surface area contributed by atoms with Crippen molar-refractivity contribution in [2.45, 2.75) is 168 Å². The molecule has 0 aliphatic heterocycles. The average molecular weight is 1330 g/mol. The van der Waals surface area contributed by atoms with E-state index in [-0.39, 0.29) is 57.8 Å². The van der Waals surface area contributed by atoms with Gasteiger partial charge in [-0.25, -0.2) is 0 Å². The van der Waals surface area contributed by atoms with E-state index in [1.807, 2.05) is 0 Å². The van der Waals surface area contributed by atoms with Crippen LogP contribution >= 0.6 is 0 Å². The van der Waals surface area contributed by atoms with E-state index in [1.165, 1.54) is 109 Å². The van der Waals surface area contributed by atoms with E-state index in [9.17, 15) is 0 Å². The van der Waals surface area contributed by atoms with Crippen molar-refractivity contribution >= 4 is 27.8 Å². The van der Waals surface area contributed by atoms with Crippen LogP contribution < -0.4 is 0 Å². The van der Waals surface area contributed by atoms with Crippen LogP contribution in [0.25, 0.3) is 9.96 Å². The number of hydrogen-bond donors (Lipinski definition) is 0. The first-order valence-corrected chi connectivity index (χ1v) is 39.3. The van der Waals surface area contributed by atoms with Crippen molar-refractivity contribution in [2.24, 2.45) is 0 Å². The summed E-state index contributed by atoms with van der Waals surface area (Å²) in [6.45, 7) is 32.9. The first-order valence-electron chi connectivity index (χ1n) is 33.6. The van der Waals surface area contributed by atoms with Crippen LogP contribution in [0.4, 0.5) is 11.4 Å². The maximum Gasteiger partial charge on any atom is 0.0328 e. The third-order valence-corrected chi connectivity index (χ3v) is 25.0. The molecule has 0 aliphatic carbocycles. The van der Waals surface area contributed by atoms with E-state index in [1.54, 1.807) is 0 Å². The Kier molecular flexibility index (Phi) is 29.1.